The van der Waals surface area contributed by atoms with Gasteiger partial charge in [-0.1, -0.05) is 30.3 Å². The van der Waals surface area contributed by atoms with E-state index in [1.54, 1.807) is 11.3 Å². The lowest BCUT2D eigenvalue weighted by atomic mass is 10.0. The molecule has 6 nitrogen and oxygen atoms in total. The normalized spacial score (nSPS) is 16.4. The van der Waals surface area contributed by atoms with Crippen molar-refractivity contribution in [2.24, 2.45) is 5.92 Å². The zero-order valence-corrected chi connectivity index (χ0v) is 18.1. The van der Waals surface area contributed by atoms with Crippen LogP contribution in [0.15, 0.2) is 36.5 Å². The second kappa shape index (κ2) is 8.32. The Morgan fingerprint density at radius 2 is 2.10 bits per heavy atom. The fourth-order valence-corrected chi connectivity index (χ4v) is 5.08. The number of nitrogens with zero attached hydrogens (tertiary/aromatic N) is 4. The first-order chi connectivity index (χ1) is 14.7. The van der Waals surface area contributed by atoms with E-state index in [4.69, 9.17) is 5.10 Å². The molecule has 0 atom stereocenters. The molecular weight excluding hydrogens is 394 g/mol. The van der Waals surface area contributed by atoms with Crippen molar-refractivity contribution < 1.29 is 4.79 Å². The average Bonchev–Trinajstić information content (AvgIpc) is 3.34. The number of amides is 1. The summed E-state index contributed by atoms with van der Waals surface area (Å²) in [6.45, 7) is 6.13. The second-order valence-electron chi connectivity index (χ2n) is 8.22. The Bertz CT molecular complexity index is 1040. The van der Waals surface area contributed by atoms with Crippen molar-refractivity contribution in [2.75, 3.05) is 13.1 Å². The van der Waals surface area contributed by atoms with E-state index in [-0.39, 0.29) is 5.91 Å². The predicted molar refractivity (Wildman–Crippen MR) is 118 cm³/mol. The van der Waals surface area contributed by atoms with Crippen molar-refractivity contribution in [1.82, 2.24) is 25.0 Å². The van der Waals surface area contributed by atoms with Crippen LogP contribution in [0, 0.1) is 5.92 Å². The molecular formula is C23H27N5OS. The topological polar surface area (TPSA) is 63.1 Å². The highest BCUT2D eigenvalue weighted by Gasteiger charge is 2.31. The largest absolute Gasteiger partial charge is 0.351 e. The maximum atomic E-state index is 12.6. The summed E-state index contributed by atoms with van der Waals surface area (Å²) < 4.78 is 2.12. The lowest BCUT2D eigenvalue weighted by Gasteiger charge is -2.27. The minimum atomic E-state index is -0.0469. The summed E-state index contributed by atoms with van der Waals surface area (Å²) in [6, 6.07) is 10.3. The standard InChI is InChI=1S/C23H27N5OS/c1-2-24-22(29)21-19-15-27(11-10-20(19)28(26-21)13-16-8-9-16)14-18-12-25-23(30-18)17-6-4-3-5-7-17/h3-7,12,16H,2,8-11,13-15H2,1H3,(H,24,29). The van der Waals surface area contributed by atoms with Gasteiger partial charge >= 0.3 is 0 Å². The Morgan fingerprint density at radius 1 is 1.27 bits per heavy atom. The molecule has 0 saturated heterocycles. The van der Waals surface area contributed by atoms with Crippen LogP contribution < -0.4 is 5.32 Å². The highest BCUT2D eigenvalue weighted by Crippen LogP contribution is 2.33. The fourth-order valence-electron chi connectivity index (χ4n) is 4.12. The zero-order valence-electron chi connectivity index (χ0n) is 17.3. The van der Waals surface area contributed by atoms with Gasteiger partial charge < -0.3 is 5.32 Å². The first kappa shape index (κ1) is 19.5. The van der Waals surface area contributed by atoms with Gasteiger partial charge in [-0.25, -0.2) is 4.98 Å². The Hall–Kier alpha value is -2.51. The molecule has 1 aromatic carbocycles. The molecule has 0 unspecified atom stereocenters. The molecule has 1 aliphatic heterocycles. The Morgan fingerprint density at radius 3 is 2.87 bits per heavy atom. The smallest absolute Gasteiger partial charge is 0.272 e. The van der Waals surface area contributed by atoms with Crippen LogP contribution >= 0.6 is 11.3 Å². The van der Waals surface area contributed by atoms with Gasteiger partial charge in [0.05, 0.1) is 0 Å². The summed E-state index contributed by atoms with van der Waals surface area (Å²) in [7, 11) is 0. The highest BCUT2D eigenvalue weighted by atomic mass is 32.1. The number of carbonyl (C=O) groups is 1. The number of fused-ring (bicyclic) bond motifs is 1. The molecule has 1 fully saturated rings. The minimum Gasteiger partial charge on any atom is -0.351 e. The van der Waals surface area contributed by atoms with Crippen LogP contribution in [-0.4, -0.2) is 38.7 Å². The van der Waals surface area contributed by atoms with Crippen LogP contribution in [0.3, 0.4) is 0 Å². The molecule has 0 spiro atoms. The van der Waals surface area contributed by atoms with Gasteiger partial charge in [0.1, 0.15) is 5.01 Å². The molecule has 3 aromatic rings. The van der Waals surface area contributed by atoms with E-state index in [9.17, 15) is 4.79 Å². The van der Waals surface area contributed by atoms with Gasteiger partial charge in [-0.3, -0.25) is 14.4 Å². The first-order valence-corrected chi connectivity index (χ1v) is 11.6. The van der Waals surface area contributed by atoms with Crippen molar-refractivity contribution >= 4 is 17.2 Å². The summed E-state index contributed by atoms with van der Waals surface area (Å²) in [5, 5.41) is 8.74. The van der Waals surface area contributed by atoms with Gasteiger partial charge in [-0.15, -0.1) is 11.3 Å². The van der Waals surface area contributed by atoms with Crippen molar-refractivity contribution in [3.05, 3.63) is 58.4 Å². The summed E-state index contributed by atoms with van der Waals surface area (Å²) in [6.07, 6.45) is 5.50. The predicted octanol–water partition coefficient (Wildman–Crippen LogP) is 3.72. The molecule has 30 heavy (non-hydrogen) atoms. The van der Waals surface area contributed by atoms with Gasteiger partial charge in [-0.05, 0) is 25.7 Å². The number of nitrogens with one attached hydrogen (secondary N) is 1. The summed E-state index contributed by atoms with van der Waals surface area (Å²) in [5.41, 5.74) is 4.15. The fraction of sp³-hybridized carbons (Fsp3) is 0.435. The maximum Gasteiger partial charge on any atom is 0.272 e. The van der Waals surface area contributed by atoms with Crippen molar-refractivity contribution in [3.8, 4) is 10.6 Å². The molecule has 1 aliphatic carbocycles. The van der Waals surface area contributed by atoms with E-state index in [0.29, 0.717) is 12.2 Å². The highest BCUT2D eigenvalue weighted by molar-refractivity contribution is 7.15. The van der Waals surface area contributed by atoms with Gasteiger partial charge in [-0.2, -0.15) is 5.10 Å². The second-order valence-corrected chi connectivity index (χ2v) is 9.33. The Balaban J connectivity index is 1.34. The van der Waals surface area contributed by atoms with Crippen LogP contribution in [0.5, 0.6) is 0 Å². The number of hydrogen-bond donors (Lipinski definition) is 1. The van der Waals surface area contributed by atoms with E-state index in [0.717, 1.165) is 54.7 Å². The Labute approximate surface area is 180 Å². The molecule has 1 amide bonds. The quantitative estimate of drug-likeness (QED) is 0.632. The summed E-state index contributed by atoms with van der Waals surface area (Å²) in [4.78, 5) is 20.9. The zero-order chi connectivity index (χ0) is 20.5. The first-order valence-electron chi connectivity index (χ1n) is 10.8. The van der Waals surface area contributed by atoms with Gasteiger partial charge in [0, 0.05) is 67.0 Å². The number of rotatable bonds is 7. The van der Waals surface area contributed by atoms with Gasteiger partial charge in [0.25, 0.3) is 5.91 Å². The van der Waals surface area contributed by atoms with Gasteiger partial charge in [0.2, 0.25) is 0 Å². The number of thiazole rings is 1. The van der Waals surface area contributed by atoms with E-state index in [2.05, 4.69) is 32.0 Å². The molecule has 2 aliphatic rings. The van der Waals surface area contributed by atoms with Crippen LogP contribution in [0.25, 0.3) is 10.6 Å². The molecule has 1 N–H and O–H groups in total. The van der Waals surface area contributed by atoms with E-state index in [1.165, 1.54) is 23.4 Å². The van der Waals surface area contributed by atoms with Crippen LogP contribution in [0.4, 0.5) is 0 Å². The number of aromatic nitrogens is 3. The Kier molecular flexibility index (Phi) is 5.39. The van der Waals surface area contributed by atoms with Crippen LogP contribution in [0.1, 0.15) is 46.4 Å². The van der Waals surface area contributed by atoms with Crippen molar-refractivity contribution in [3.63, 3.8) is 0 Å². The molecule has 1 saturated carbocycles. The van der Waals surface area contributed by atoms with Crippen LogP contribution in [0.2, 0.25) is 0 Å². The summed E-state index contributed by atoms with van der Waals surface area (Å²) >= 11 is 1.75. The van der Waals surface area contributed by atoms with Gasteiger partial charge in [0.15, 0.2) is 5.69 Å². The maximum absolute atomic E-state index is 12.6. The average molecular weight is 422 g/mol. The lowest BCUT2D eigenvalue weighted by molar-refractivity contribution is 0.0947. The van der Waals surface area contributed by atoms with Crippen LogP contribution in [-0.2, 0) is 26.1 Å². The van der Waals surface area contributed by atoms with E-state index < -0.39 is 0 Å². The molecule has 0 radical (unpaired) electrons. The van der Waals surface area contributed by atoms with Crippen molar-refractivity contribution in [1.29, 1.82) is 0 Å². The number of hydrogen-bond acceptors (Lipinski definition) is 5. The minimum absolute atomic E-state index is 0.0469. The molecule has 3 heterocycles. The lowest BCUT2D eigenvalue weighted by Crippen LogP contribution is -2.32. The number of carbonyl (C=O) groups excluding carboxylic acids is 1. The molecule has 156 valence electrons. The third-order valence-electron chi connectivity index (χ3n) is 5.85. The SMILES string of the molecule is CCNC(=O)c1nn(CC2CC2)c2c1CN(Cc1cnc(-c3ccccc3)s1)CC2. The third-order valence-corrected chi connectivity index (χ3v) is 6.88. The molecule has 2 aromatic heterocycles. The molecule has 0 bridgehead atoms. The van der Waals surface area contributed by atoms with Crippen molar-refractivity contribution in [2.45, 2.75) is 45.8 Å². The number of benzene rings is 1. The molecule has 5 rings (SSSR count). The molecule has 7 heteroatoms. The monoisotopic (exact) mass is 421 g/mol. The summed E-state index contributed by atoms with van der Waals surface area (Å²) in [5.74, 6) is 0.692. The third kappa shape index (κ3) is 4.04. The van der Waals surface area contributed by atoms with E-state index >= 15 is 0 Å². The van der Waals surface area contributed by atoms with E-state index in [1.807, 2.05) is 31.3 Å².